The molecule has 0 amide bonds. The number of hydrogen-bond acceptors (Lipinski definition) is 6. The molecule has 1 rings (SSSR count). The van der Waals surface area contributed by atoms with Crippen LogP contribution in [-0.2, 0) is 10.0 Å². The van der Waals surface area contributed by atoms with Gasteiger partial charge in [-0.2, -0.15) is 0 Å². The van der Waals surface area contributed by atoms with E-state index >= 15 is 0 Å². The van der Waals surface area contributed by atoms with Crippen LogP contribution in [0.15, 0.2) is 23.1 Å². The molecule has 1 aromatic carbocycles. The van der Waals surface area contributed by atoms with Gasteiger partial charge in [0.05, 0.1) is 16.9 Å². The number of hydrogen-bond donors (Lipinski definition) is 2. The summed E-state index contributed by atoms with van der Waals surface area (Å²) in [5.41, 5.74) is -0.277. The van der Waals surface area contributed by atoms with Crippen LogP contribution in [0.1, 0.15) is 13.3 Å². The summed E-state index contributed by atoms with van der Waals surface area (Å²) in [4.78, 5) is 10.1. The number of halogens is 1. The molecule has 1 aromatic rings. The molecule has 0 aliphatic rings. The topological polar surface area (TPSA) is 111 Å². The molecule has 0 aromatic heterocycles. The van der Waals surface area contributed by atoms with Crippen molar-refractivity contribution in [3.05, 3.63) is 28.3 Å². The molecule has 0 unspecified atom stereocenters. The molecule has 0 saturated heterocycles. The lowest BCUT2D eigenvalue weighted by Gasteiger charge is -2.09. The maximum Gasteiger partial charge on any atom is 0.310 e. The number of rotatable bonds is 9. The lowest BCUT2D eigenvalue weighted by atomic mass is 10.3. The first kappa shape index (κ1) is 20.6. The van der Waals surface area contributed by atoms with Gasteiger partial charge in [0.1, 0.15) is 0 Å². The molecule has 8 nitrogen and oxygen atoms in total. The normalized spacial score (nSPS) is 10.8. The highest BCUT2D eigenvalue weighted by Gasteiger charge is 2.20. The summed E-state index contributed by atoms with van der Waals surface area (Å²) in [6.45, 7) is 3.58. The maximum absolute atomic E-state index is 12.0. The smallest absolute Gasteiger partial charge is 0.310 e. The molecular weight excluding hydrogens is 334 g/mol. The van der Waals surface area contributed by atoms with E-state index in [4.69, 9.17) is 4.74 Å². The van der Waals surface area contributed by atoms with Crippen molar-refractivity contribution in [3.8, 4) is 5.75 Å². The monoisotopic (exact) mass is 353 g/mol. The fraction of sp³-hybridized carbons (Fsp3) is 0.500. The fourth-order valence-electron chi connectivity index (χ4n) is 1.63. The average Bonchev–Trinajstić information content (AvgIpc) is 2.46. The third kappa shape index (κ3) is 5.76. The standard InChI is InChI=1S/C12H19N3O5S.ClH/c1-3-6-13-7-8-14-21(18,19)10-4-5-11(15(16)17)12(9-10)20-2;/h4-5,9,13-14H,3,6-8H2,1-2H3;1H. The van der Waals surface area contributed by atoms with E-state index in [1.54, 1.807) is 0 Å². The first-order chi connectivity index (χ1) is 9.92. The van der Waals surface area contributed by atoms with Crippen LogP contribution in [-0.4, -0.2) is 40.1 Å². The minimum absolute atomic E-state index is 0. The summed E-state index contributed by atoms with van der Waals surface area (Å²) < 4.78 is 31.4. The van der Waals surface area contributed by atoms with Crippen LogP contribution in [0.3, 0.4) is 0 Å². The van der Waals surface area contributed by atoms with Crippen LogP contribution in [0.5, 0.6) is 5.75 Å². The third-order valence-corrected chi connectivity index (χ3v) is 4.14. The van der Waals surface area contributed by atoms with E-state index in [1.165, 1.54) is 13.2 Å². The van der Waals surface area contributed by atoms with Gasteiger partial charge in [0.15, 0.2) is 5.75 Å². The van der Waals surface area contributed by atoms with Crippen molar-refractivity contribution >= 4 is 28.1 Å². The molecule has 0 saturated carbocycles. The van der Waals surface area contributed by atoms with Gasteiger partial charge in [-0.1, -0.05) is 6.92 Å². The van der Waals surface area contributed by atoms with Gasteiger partial charge in [0.2, 0.25) is 10.0 Å². The SMILES string of the molecule is CCCNCCNS(=O)(=O)c1ccc([N+](=O)[O-])c(OC)c1.Cl. The second kappa shape index (κ2) is 9.57. The molecule has 0 aliphatic heterocycles. The number of sulfonamides is 1. The summed E-state index contributed by atoms with van der Waals surface area (Å²) in [7, 11) is -2.46. The molecule has 0 aliphatic carbocycles. The fourth-order valence-corrected chi connectivity index (χ4v) is 2.68. The van der Waals surface area contributed by atoms with Gasteiger partial charge < -0.3 is 10.1 Å². The number of benzene rings is 1. The highest BCUT2D eigenvalue weighted by molar-refractivity contribution is 7.89. The van der Waals surface area contributed by atoms with Crippen molar-refractivity contribution in [1.29, 1.82) is 0 Å². The van der Waals surface area contributed by atoms with E-state index in [1.807, 2.05) is 6.92 Å². The van der Waals surface area contributed by atoms with E-state index in [0.717, 1.165) is 25.1 Å². The quantitative estimate of drug-likeness (QED) is 0.393. The zero-order valence-corrected chi connectivity index (χ0v) is 14.0. The van der Waals surface area contributed by atoms with Gasteiger partial charge in [-0.25, -0.2) is 13.1 Å². The van der Waals surface area contributed by atoms with Gasteiger partial charge >= 0.3 is 5.69 Å². The molecular formula is C12H20ClN3O5S. The Labute approximate surface area is 135 Å². The minimum atomic E-state index is -3.72. The van der Waals surface area contributed by atoms with E-state index in [-0.39, 0.29) is 35.3 Å². The highest BCUT2D eigenvalue weighted by Crippen LogP contribution is 2.29. The van der Waals surface area contributed by atoms with E-state index in [9.17, 15) is 18.5 Å². The first-order valence-corrected chi connectivity index (χ1v) is 7.93. The number of nitro groups is 1. The minimum Gasteiger partial charge on any atom is -0.490 e. The Bertz CT molecular complexity index is 594. The predicted octanol–water partition coefficient (Wildman–Crippen LogP) is 1.30. The maximum atomic E-state index is 12.0. The van der Waals surface area contributed by atoms with Gasteiger partial charge in [0.25, 0.3) is 0 Å². The summed E-state index contributed by atoms with van der Waals surface area (Å²) in [6, 6.07) is 3.44. The van der Waals surface area contributed by atoms with Crippen LogP contribution >= 0.6 is 12.4 Å². The second-order valence-electron chi connectivity index (χ2n) is 4.24. The lowest BCUT2D eigenvalue weighted by Crippen LogP contribution is -2.32. The highest BCUT2D eigenvalue weighted by atomic mass is 35.5. The third-order valence-electron chi connectivity index (χ3n) is 2.68. The molecule has 0 spiro atoms. The molecule has 0 atom stereocenters. The molecule has 10 heteroatoms. The summed E-state index contributed by atoms with van der Waals surface area (Å²) in [6.07, 6.45) is 0.965. The van der Waals surface area contributed by atoms with E-state index in [0.29, 0.717) is 6.54 Å². The summed E-state index contributed by atoms with van der Waals surface area (Å²) in [5, 5.41) is 13.8. The van der Waals surface area contributed by atoms with Crippen molar-refractivity contribution in [1.82, 2.24) is 10.0 Å². The van der Waals surface area contributed by atoms with Gasteiger partial charge in [-0.15, -0.1) is 12.4 Å². The van der Waals surface area contributed by atoms with Crippen molar-refractivity contribution in [2.75, 3.05) is 26.7 Å². The van der Waals surface area contributed by atoms with Crippen LogP contribution in [0.2, 0.25) is 0 Å². The molecule has 22 heavy (non-hydrogen) atoms. The number of nitrogens with zero attached hydrogens (tertiary/aromatic N) is 1. The number of ether oxygens (including phenoxy) is 1. The largest absolute Gasteiger partial charge is 0.490 e. The van der Waals surface area contributed by atoms with Crippen molar-refractivity contribution in [2.45, 2.75) is 18.2 Å². The molecule has 0 fully saturated rings. The van der Waals surface area contributed by atoms with Gasteiger partial charge in [-0.05, 0) is 19.0 Å². The lowest BCUT2D eigenvalue weighted by molar-refractivity contribution is -0.385. The van der Waals surface area contributed by atoms with E-state index < -0.39 is 14.9 Å². The molecule has 0 bridgehead atoms. The molecule has 0 radical (unpaired) electrons. The average molecular weight is 354 g/mol. The second-order valence-corrected chi connectivity index (χ2v) is 6.01. The Hall–Kier alpha value is -1.42. The van der Waals surface area contributed by atoms with Gasteiger partial charge in [0, 0.05) is 25.2 Å². The van der Waals surface area contributed by atoms with Crippen LogP contribution in [0, 0.1) is 10.1 Å². The number of nitrogens with one attached hydrogen (secondary N) is 2. The van der Waals surface area contributed by atoms with Crippen LogP contribution < -0.4 is 14.8 Å². The Kier molecular flexibility index (Phi) is 8.95. The summed E-state index contributed by atoms with van der Waals surface area (Å²) >= 11 is 0. The zero-order valence-electron chi connectivity index (χ0n) is 12.4. The van der Waals surface area contributed by atoms with Crippen molar-refractivity contribution < 1.29 is 18.1 Å². The number of nitro benzene ring substituents is 1. The predicted molar refractivity (Wildman–Crippen MR) is 85.2 cm³/mol. The Balaban J connectivity index is 0.00000441. The molecule has 0 heterocycles. The molecule has 2 N–H and O–H groups in total. The Morgan fingerprint density at radius 1 is 1.27 bits per heavy atom. The molecule has 126 valence electrons. The van der Waals surface area contributed by atoms with E-state index in [2.05, 4.69) is 10.0 Å². The van der Waals surface area contributed by atoms with Crippen LogP contribution in [0.25, 0.3) is 0 Å². The Morgan fingerprint density at radius 3 is 2.50 bits per heavy atom. The van der Waals surface area contributed by atoms with Gasteiger partial charge in [-0.3, -0.25) is 10.1 Å². The Morgan fingerprint density at radius 2 is 1.95 bits per heavy atom. The zero-order chi connectivity index (χ0) is 15.9. The number of methoxy groups -OCH3 is 1. The van der Waals surface area contributed by atoms with Crippen LogP contribution in [0.4, 0.5) is 5.69 Å². The first-order valence-electron chi connectivity index (χ1n) is 6.45. The summed E-state index contributed by atoms with van der Waals surface area (Å²) in [5.74, 6) is -0.0908. The van der Waals surface area contributed by atoms with Crippen molar-refractivity contribution in [3.63, 3.8) is 0 Å². The van der Waals surface area contributed by atoms with Crippen molar-refractivity contribution in [2.24, 2.45) is 0 Å².